The van der Waals surface area contributed by atoms with Gasteiger partial charge in [0, 0.05) is 32.7 Å². The Hall–Kier alpha value is -2.11. The molecule has 0 atom stereocenters. The molecule has 6 heteroatoms. The van der Waals surface area contributed by atoms with Crippen molar-refractivity contribution in [2.75, 3.05) is 37.6 Å². The summed E-state index contributed by atoms with van der Waals surface area (Å²) in [5.41, 5.74) is 1.43. The van der Waals surface area contributed by atoms with Gasteiger partial charge >= 0.3 is 0 Å². The quantitative estimate of drug-likeness (QED) is 0.795. The number of pyridine rings is 1. The number of rotatable bonds is 5. The van der Waals surface area contributed by atoms with E-state index in [9.17, 15) is 9.59 Å². The van der Waals surface area contributed by atoms with Gasteiger partial charge in [-0.05, 0) is 18.6 Å². The van der Waals surface area contributed by atoms with Crippen molar-refractivity contribution < 1.29 is 9.59 Å². The van der Waals surface area contributed by atoms with Crippen LogP contribution in [0.3, 0.4) is 0 Å². The fraction of sp³-hybridized carbons (Fsp3) is 0.500. The Labute approximate surface area is 118 Å². The van der Waals surface area contributed by atoms with Crippen molar-refractivity contribution in [3.63, 3.8) is 0 Å². The lowest BCUT2D eigenvalue weighted by atomic mass is 10.2. The van der Waals surface area contributed by atoms with Crippen molar-refractivity contribution in [1.82, 2.24) is 15.2 Å². The SMILES string of the molecule is CCCNC(=O)c1ccc(N2CCN(C=O)CC2)cn1. The predicted octanol–water partition coefficient (Wildman–Crippen LogP) is 0.500. The van der Waals surface area contributed by atoms with Gasteiger partial charge in [-0.2, -0.15) is 0 Å². The highest BCUT2D eigenvalue weighted by Gasteiger charge is 2.16. The van der Waals surface area contributed by atoms with E-state index in [-0.39, 0.29) is 5.91 Å². The first-order valence-electron chi connectivity index (χ1n) is 6.93. The lowest BCUT2D eigenvalue weighted by molar-refractivity contribution is -0.118. The van der Waals surface area contributed by atoms with Crippen LogP contribution in [0.25, 0.3) is 0 Å². The molecule has 0 saturated carbocycles. The molecular weight excluding hydrogens is 256 g/mol. The standard InChI is InChI=1S/C14H20N4O2/c1-2-5-15-14(20)13-4-3-12(10-16-13)18-8-6-17(11-19)7-9-18/h3-4,10-11H,2,5-9H2,1H3,(H,15,20). The van der Waals surface area contributed by atoms with Gasteiger partial charge in [-0.15, -0.1) is 0 Å². The van der Waals surface area contributed by atoms with Crippen LogP contribution in [0.15, 0.2) is 18.3 Å². The predicted molar refractivity (Wildman–Crippen MR) is 76.7 cm³/mol. The lowest BCUT2D eigenvalue weighted by Gasteiger charge is -2.33. The molecule has 2 amide bonds. The Bertz CT molecular complexity index is 453. The molecule has 1 aliphatic heterocycles. The van der Waals surface area contributed by atoms with Crippen LogP contribution in [0.5, 0.6) is 0 Å². The molecule has 6 nitrogen and oxygen atoms in total. The number of aromatic nitrogens is 1. The third-order valence-electron chi connectivity index (χ3n) is 3.34. The van der Waals surface area contributed by atoms with Crippen LogP contribution in [0.2, 0.25) is 0 Å². The number of amides is 2. The number of anilines is 1. The van der Waals surface area contributed by atoms with Gasteiger partial charge in [0.05, 0.1) is 11.9 Å². The Kier molecular flexibility index (Phi) is 4.92. The summed E-state index contributed by atoms with van der Waals surface area (Å²) in [5.74, 6) is -0.135. The van der Waals surface area contributed by atoms with E-state index < -0.39 is 0 Å². The second-order valence-corrected chi connectivity index (χ2v) is 4.79. The van der Waals surface area contributed by atoms with Crippen molar-refractivity contribution >= 4 is 18.0 Å². The lowest BCUT2D eigenvalue weighted by Crippen LogP contribution is -2.45. The maximum atomic E-state index is 11.7. The maximum Gasteiger partial charge on any atom is 0.269 e. The van der Waals surface area contributed by atoms with E-state index in [1.54, 1.807) is 17.2 Å². The van der Waals surface area contributed by atoms with Crippen molar-refractivity contribution in [2.24, 2.45) is 0 Å². The summed E-state index contributed by atoms with van der Waals surface area (Å²) in [4.78, 5) is 30.5. The molecule has 0 spiro atoms. The zero-order chi connectivity index (χ0) is 14.4. The van der Waals surface area contributed by atoms with Gasteiger partial charge < -0.3 is 15.1 Å². The van der Waals surface area contributed by atoms with Crippen LogP contribution in [0, 0.1) is 0 Å². The van der Waals surface area contributed by atoms with E-state index >= 15 is 0 Å². The van der Waals surface area contributed by atoms with Crippen LogP contribution < -0.4 is 10.2 Å². The summed E-state index contributed by atoms with van der Waals surface area (Å²) in [6.07, 6.45) is 3.51. The number of carbonyl (C=O) groups excluding carboxylic acids is 2. The number of nitrogens with zero attached hydrogens (tertiary/aromatic N) is 3. The average molecular weight is 276 g/mol. The van der Waals surface area contributed by atoms with E-state index in [4.69, 9.17) is 0 Å². The van der Waals surface area contributed by atoms with Gasteiger partial charge in [0.15, 0.2) is 0 Å². The van der Waals surface area contributed by atoms with E-state index in [1.165, 1.54) is 0 Å². The van der Waals surface area contributed by atoms with Gasteiger partial charge in [0.2, 0.25) is 6.41 Å². The molecular formula is C14H20N4O2. The van der Waals surface area contributed by atoms with Crippen LogP contribution in [-0.2, 0) is 4.79 Å². The van der Waals surface area contributed by atoms with Crippen LogP contribution >= 0.6 is 0 Å². The second-order valence-electron chi connectivity index (χ2n) is 4.79. The van der Waals surface area contributed by atoms with E-state index in [0.717, 1.165) is 44.7 Å². The van der Waals surface area contributed by atoms with Gasteiger partial charge in [-0.1, -0.05) is 6.92 Å². The van der Waals surface area contributed by atoms with Crippen molar-refractivity contribution in [3.8, 4) is 0 Å². The van der Waals surface area contributed by atoms with Crippen molar-refractivity contribution in [2.45, 2.75) is 13.3 Å². The molecule has 108 valence electrons. The zero-order valence-corrected chi connectivity index (χ0v) is 11.7. The summed E-state index contributed by atoms with van der Waals surface area (Å²) in [7, 11) is 0. The summed E-state index contributed by atoms with van der Waals surface area (Å²) < 4.78 is 0. The monoisotopic (exact) mass is 276 g/mol. The molecule has 1 N–H and O–H groups in total. The first-order valence-corrected chi connectivity index (χ1v) is 6.93. The Morgan fingerprint density at radius 1 is 1.35 bits per heavy atom. The smallest absolute Gasteiger partial charge is 0.269 e. The first-order chi connectivity index (χ1) is 9.74. The molecule has 0 aliphatic carbocycles. The molecule has 0 unspecified atom stereocenters. The number of hydrogen-bond donors (Lipinski definition) is 1. The fourth-order valence-corrected chi connectivity index (χ4v) is 2.12. The van der Waals surface area contributed by atoms with Gasteiger partial charge in [-0.25, -0.2) is 4.98 Å². The highest BCUT2D eigenvalue weighted by molar-refractivity contribution is 5.92. The zero-order valence-electron chi connectivity index (χ0n) is 11.7. The Balaban J connectivity index is 1.94. The molecule has 1 aliphatic rings. The highest BCUT2D eigenvalue weighted by atomic mass is 16.2. The molecule has 1 saturated heterocycles. The first kappa shape index (κ1) is 14.3. The van der Waals surface area contributed by atoms with E-state index in [1.807, 2.05) is 13.0 Å². The van der Waals surface area contributed by atoms with Gasteiger partial charge in [-0.3, -0.25) is 9.59 Å². The minimum atomic E-state index is -0.135. The maximum absolute atomic E-state index is 11.7. The van der Waals surface area contributed by atoms with E-state index in [0.29, 0.717) is 12.2 Å². The van der Waals surface area contributed by atoms with Crippen LogP contribution in [-0.4, -0.2) is 54.9 Å². The van der Waals surface area contributed by atoms with E-state index in [2.05, 4.69) is 15.2 Å². The number of hydrogen-bond acceptors (Lipinski definition) is 4. The summed E-state index contributed by atoms with van der Waals surface area (Å²) >= 11 is 0. The number of nitrogens with one attached hydrogen (secondary N) is 1. The summed E-state index contributed by atoms with van der Waals surface area (Å²) in [5, 5.41) is 2.80. The van der Waals surface area contributed by atoms with Crippen molar-refractivity contribution in [1.29, 1.82) is 0 Å². The second kappa shape index (κ2) is 6.88. The third-order valence-corrected chi connectivity index (χ3v) is 3.34. The summed E-state index contributed by atoms with van der Waals surface area (Å²) in [6, 6.07) is 3.65. The molecule has 0 aromatic carbocycles. The molecule has 2 rings (SSSR count). The molecule has 1 aromatic rings. The third kappa shape index (κ3) is 3.46. The van der Waals surface area contributed by atoms with Gasteiger partial charge in [0.25, 0.3) is 5.91 Å². The largest absolute Gasteiger partial charge is 0.367 e. The van der Waals surface area contributed by atoms with Gasteiger partial charge in [0.1, 0.15) is 5.69 Å². The molecule has 20 heavy (non-hydrogen) atoms. The number of piperazine rings is 1. The average Bonchev–Trinajstić information content (AvgIpc) is 2.53. The normalized spacial score (nSPS) is 15.1. The minimum Gasteiger partial charge on any atom is -0.367 e. The molecule has 0 radical (unpaired) electrons. The Morgan fingerprint density at radius 3 is 2.65 bits per heavy atom. The fourth-order valence-electron chi connectivity index (χ4n) is 2.12. The summed E-state index contributed by atoms with van der Waals surface area (Å²) in [6.45, 7) is 5.71. The molecule has 1 fully saturated rings. The van der Waals surface area contributed by atoms with Crippen LogP contribution in [0.1, 0.15) is 23.8 Å². The molecule has 1 aromatic heterocycles. The highest BCUT2D eigenvalue weighted by Crippen LogP contribution is 2.15. The van der Waals surface area contributed by atoms with Crippen LogP contribution in [0.4, 0.5) is 5.69 Å². The Morgan fingerprint density at radius 2 is 2.10 bits per heavy atom. The minimum absolute atomic E-state index is 0.135. The van der Waals surface area contributed by atoms with Crippen molar-refractivity contribution in [3.05, 3.63) is 24.0 Å². The number of carbonyl (C=O) groups is 2. The molecule has 2 heterocycles. The topological polar surface area (TPSA) is 65.5 Å². The molecule has 0 bridgehead atoms.